The molecule has 0 spiro atoms. The highest BCUT2D eigenvalue weighted by molar-refractivity contribution is 7.92. The molecule has 0 amide bonds. The quantitative estimate of drug-likeness (QED) is 0.798. The number of carbonyl (C=O) groups is 1. The molecule has 0 saturated carbocycles. The maximum atomic E-state index is 12.7. The zero-order valence-electron chi connectivity index (χ0n) is 12.6. The van der Waals surface area contributed by atoms with Crippen molar-refractivity contribution in [1.29, 1.82) is 0 Å². The van der Waals surface area contributed by atoms with E-state index in [0.29, 0.717) is 6.07 Å². The molecule has 10 heteroatoms. The summed E-state index contributed by atoms with van der Waals surface area (Å²) in [6, 6.07) is 6.93. The first kappa shape index (κ1) is 19.1. The van der Waals surface area contributed by atoms with Crippen molar-refractivity contribution in [3.8, 4) is 0 Å². The zero-order chi connectivity index (χ0) is 18.8. The van der Waals surface area contributed by atoms with Gasteiger partial charge >= 0.3 is 12.1 Å². The lowest BCUT2D eigenvalue weighted by Crippen LogP contribution is -2.15. The third-order valence-corrected chi connectivity index (χ3v) is 4.80. The van der Waals surface area contributed by atoms with E-state index < -0.39 is 32.6 Å². The molecule has 0 aliphatic heterocycles. The lowest BCUT2D eigenvalue weighted by atomic mass is 10.2. The maximum absolute atomic E-state index is 12.7. The normalized spacial score (nSPS) is 11.9. The Hall–Kier alpha value is -2.26. The van der Waals surface area contributed by atoms with Crippen LogP contribution in [0.1, 0.15) is 15.9 Å². The second-order valence-corrected chi connectivity index (χ2v) is 6.91. The Labute approximate surface area is 146 Å². The standard InChI is InChI=1S/C15H11ClF3NO4S/c1-24-14(21)12-8-10(5-6-13(12)16)20-25(22,23)11-4-2-3-9(7-11)15(17,18)19/h2-8,20H,1H3. The molecule has 134 valence electrons. The fourth-order valence-electron chi connectivity index (χ4n) is 1.91. The van der Waals surface area contributed by atoms with Crippen LogP contribution in [0, 0.1) is 0 Å². The Kier molecular flexibility index (Phi) is 5.28. The molecule has 2 aromatic carbocycles. The van der Waals surface area contributed by atoms with E-state index in [0.717, 1.165) is 31.4 Å². The number of hydrogen-bond donors (Lipinski definition) is 1. The smallest absolute Gasteiger partial charge is 0.416 e. The van der Waals surface area contributed by atoms with Gasteiger partial charge in [-0.05, 0) is 36.4 Å². The average Bonchev–Trinajstić information content (AvgIpc) is 2.55. The Balaban J connectivity index is 2.38. The molecule has 0 heterocycles. The van der Waals surface area contributed by atoms with Gasteiger partial charge in [0.05, 0.1) is 28.2 Å². The molecule has 0 fully saturated rings. The number of anilines is 1. The van der Waals surface area contributed by atoms with Crippen molar-refractivity contribution in [2.24, 2.45) is 0 Å². The van der Waals surface area contributed by atoms with Crippen LogP contribution in [0.4, 0.5) is 18.9 Å². The molecule has 0 aromatic heterocycles. The van der Waals surface area contributed by atoms with Crippen LogP contribution in [0.15, 0.2) is 47.4 Å². The number of alkyl halides is 3. The molecular formula is C15H11ClF3NO4S. The zero-order valence-corrected chi connectivity index (χ0v) is 14.2. The van der Waals surface area contributed by atoms with Crippen molar-refractivity contribution >= 4 is 33.3 Å². The monoisotopic (exact) mass is 393 g/mol. The number of hydrogen-bond acceptors (Lipinski definition) is 4. The van der Waals surface area contributed by atoms with Crippen molar-refractivity contribution in [3.05, 3.63) is 58.6 Å². The van der Waals surface area contributed by atoms with Crippen LogP contribution in [-0.4, -0.2) is 21.5 Å². The molecule has 0 aliphatic carbocycles. The number of esters is 1. The summed E-state index contributed by atoms with van der Waals surface area (Å²) in [6.45, 7) is 0. The maximum Gasteiger partial charge on any atom is 0.416 e. The Morgan fingerprint density at radius 1 is 1.16 bits per heavy atom. The summed E-state index contributed by atoms with van der Waals surface area (Å²) in [5.74, 6) is -0.787. The Morgan fingerprint density at radius 3 is 2.44 bits per heavy atom. The van der Waals surface area contributed by atoms with E-state index in [1.54, 1.807) is 0 Å². The topological polar surface area (TPSA) is 72.5 Å². The van der Waals surface area contributed by atoms with Crippen LogP contribution in [0.3, 0.4) is 0 Å². The number of carbonyl (C=O) groups excluding carboxylic acids is 1. The van der Waals surface area contributed by atoms with Crippen LogP contribution in [0.2, 0.25) is 5.02 Å². The van der Waals surface area contributed by atoms with E-state index in [2.05, 4.69) is 9.46 Å². The van der Waals surface area contributed by atoms with Crippen molar-refractivity contribution in [1.82, 2.24) is 0 Å². The summed E-state index contributed by atoms with van der Waals surface area (Å²) in [7, 11) is -3.18. The number of sulfonamides is 1. The number of halogens is 4. The average molecular weight is 394 g/mol. The number of nitrogens with one attached hydrogen (secondary N) is 1. The van der Waals surface area contributed by atoms with Gasteiger partial charge in [-0.3, -0.25) is 4.72 Å². The number of methoxy groups -OCH3 is 1. The molecule has 0 aliphatic rings. The van der Waals surface area contributed by atoms with Gasteiger partial charge in [0.25, 0.3) is 10.0 Å². The predicted molar refractivity (Wildman–Crippen MR) is 85.0 cm³/mol. The summed E-state index contributed by atoms with van der Waals surface area (Å²) >= 11 is 5.83. The summed E-state index contributed by atoms with van der Waals surface area (Å²) in [4.78, 5) is 11.0. The van der Waals surface area contributed by atoms with E-state index in [-0.39, 0.29) is 16.3 Å². The third kappa shape index (κ3) is 4.43. The molecule has 25 heavy (non-hydrogen) atoms. The van der Waals surface area contributed by atoms with Gasteiger partial charge in [0.1, 0.15) is 0 Å². The van der Waals surface area contributed by atoms with Crippen molar-refractivity contribution in [2.75, 3.05) is 11.8 Å². The minimum absolute atomic E-state index is 0.0360. The second kappa shape index (κ2) is 6.93. The van der Waals surface area contributed by atoms with E-state index in [9.17, 15) is 26.4 Å². The first-order chi connectivity index (χ1) is 11.5. The molecule has 1 N–H and O–H groups in total. The predicted octanol–water partition coefficient (Wildman–Crippen LogP) is 3.95. The SMILES string of the molecule is COC(=O)c1cc(NS(=O)(=O)c2cccc(C(F)(F)F)c2)ccc1Cl. The van der Waals surface area contributed by atoms with Crippen LogP contribution in [0.25, 0.3) is 0 Å². The number of benzene rings is 2. The van der Waals surface area contributed by atoms with E-state index in [1.165, 1.54) is 12.1 Å². The molecule has 2 rings (SSSR count). The van der Waals surface area contributed by atoms with Crippen molar-refractivity contribution in [3.63, 3.8) is 0 Å². The summed E-state index contributed by atoms with van der Waals surface area (Å²) in [5.41, 5.74) is -1.24. The first-order valence-corrected chi connectivity index (χ1v) is 8.48. The van der Waals surface area contributed by atoms with E-state index in [1.807, 2.05) is 0 Å². The summed E-state index contributed by atoms with van der Waals surface area (Å²) in [5, 5.41) is 0.0360. The van der Waals surface area contributed by atoms with Gasteiger partial charge in [0, 0.05) is 5.69 Å². The van der Waals surface area contributed by atoms with E-state index in [4.69, 9.17) is 11.6 Å². The minimum atomic E-state index is -4.68. The highest BCUT2D eigenvalue weighted by Gasteiger charge is 2.31. The third-order valence-electron chi connectivity index (χ3n) is 3.10. The Morgan fingerprint density at radius 2 is 1.84 bits per heavy atom. The molecule has 0 atom stereocenters. The van der Waals surface area contributed by atoms with E-state index >= 15 is 0 Å². The number of rotatable bonds is 4. The molecule has 2 aromatic rings. The molecule has 0 radical (unpaired) electrons. The minimum Gasteiger partial charge on any atom is -0.465 e. The lowest BCUT2D eigenvalue weighted by Gasteiger charge is -2.12. The fraction of sp³-hybridized carbons (Fsp3) is 0.133. The van der Waals surface area contributed by atoms with Crippen LogP contribution in [-0.2, 0) is 20.9 Å². The summed E-state index contributed by atoms with van der Waals surface area (Å²) in [6.07, 6.45) is -4.68. The Bertz CT molecular complexity index is 913. The van der Waals surface area contributed by atoms with Gasteiger partial charge in [-0.1, -0.05) is 17.7 Å². The van der Waals surface area contributed by atoms with Gasteiger partial charge in [0.15, 0.2) is 0 Å². The van der Waals surface area contributed by atoms with Gasteiger partial charge in [0.2, 0.25) is 0 Å². The number of ether oxygens (including phenoxy) is 1. The van der Waals surface area contributed by atoms with Gasteiger partial charge < -0.3 is 4.74 Å². The van der Waals surface area contributed by atoms with Gasteiger partial charge in [-0.25, -0.2) is 13.2 Å². The fourth-order valence-corrected chi connectivity index (χ4v) is 3.20. The molecule has 0 bridgehead atoms. The largest absolute Gasteiger partial charge is 0.465 e. The van der Waals surface area contributed by atoms with Crippen molar-refractivity contribution < 1.29 is 31.1 Å². The molecule has 0 saturated heterocycles. The van der Waals surface area contributed by atoms with Crippen LogP contribution in [0.5, 0.6) is 0 Å². The molecular weight excluding hydrogens is 383 g/mol. The lowest BCUT2D eigenvalue weighted by molar-refractivity contribution is -0.137. The van der Waals surface area contributed by atoms with Crippen molar-refractivity contribution in [2.45, 2.75) is 11.1 Å². The van der Waals surface area contributed by atoms with Crippen LogP contribution < -0.4 is 4.72 Å². The van der Waals surface area contributed by atoms with Crippen LogP contribution >= 0.6 is 11.6 Å². The second-order valence-electron chi connectivity index (χ2n) is 4.82. The summed E-state index contributed by atoms with van der Waals surface area (Å²) < 4.78 is 69.4. The first-order valence-electron chi connectivity index (χ1n) is 6.62. The van der Waals surface area contributed by atoms with Gasteiger partial charge in [-0.2, -0.15) is 13.2 Å². The molecule has 0 unspecified atom stereocenters. The molecule has 5 nitrogen and oxygen atoms in total. The highest BCUT2D eigenvalue weighted by atomic mass is 35.5. The van der Waals surface area contributed by atoms with Gasteiger partial charge in [-0.15, -0.1) is 0 Å². The highest BCUT2D eigenvalue weighted by Crippen LogP contribution is 2.31.